The average Bonchev–Trinajstić information content (AvgIpc) is 2.61. The predicted octanol–water partition coefficient (Wildman–Crippen LogP) is 1.24. The Morgan fingerprint density at radius 3 is 2.33 bits per heavy atom. The summed E-state index contributed by atoms with van der Waals surface area (Å²) in [4.78, 5) is 19.5. The fraction of sp³-hybridized carbons (Fsp3) is 0.188. The summed E-state index contributed by atoms with van der Waals surface area (Å²) in [6, 6.07) is 8.66. The third-order valence-electron chi connectivity index (χ3n) is 3.00. The summed E-state index contributed by atoms with van der Waals surface area (Å²) in [5.41, 5.74) is 13.0. The third-order valence-corrected chi connectivity index (χ3v) is 3.00. The monoisotopic (exact) mass is 325 g/mol. The predicted molar refractivity (Wildman–Crippen MR) is 93.5 cm³/mol. The van der Waals surface area contributed by atoms with Crippen molar-refractivity contribution in [2.45, 2.75) is 19.8 Å². The zero-order valence-electron chi connectivity index (χ0n) is 13.3. The van der Waals surface area contributed by atoms with Crippen molar-refractivity contribution >= 4 is 23.3 Å². The Kier molecular flexibility index (Phi) is 5.95. The molecule has 24 heavy (non-hydrogen) atoms. The number of hydrogen-bond acceptors (Lipinski definition) is 5. The molecule has 0 bridgehead atoms. The number of benzene rings is 1. The largest absolute Gasteiger partial charge is 0.382 e. The van der Waals surface area contributed by atoms with Crippen molar-refractivity contribution in [3.05, 3.63) is 54.1 Å². The summed E-state index contributed by atoms with van der Waals surface area (Å²) < 4.78 is 0. The maximum atomic E-state index is 11.5. The summed E-state index contributed by atoms with van der Waals surface area (Å²) in [5, 5.41) is 10.5. The highest BCUT2D eigenvalue weighted by molar-refractivity contribution is 5.99. The molecule has 0 saturated heterocycles. The molecule has 0 aliphatic carbocycles. The van der Waals surface area contributed by atoms with E-state index in [1.54, 1.807) is 42.7 Å². The van der Waals surface area contributed by atoms with E-state index in [0.717, 1.165) is 6.42 Å². The second-order valence-electron chi connectivity index (χ2n) is 4.92. The molecule has 8 heteroatoms. The highest BCUT2D eigenvalue weighted by Gasteiger charge is 2.03. The lowest BCUT2D eigenvalue weighted by molar-refractivity contribution is -0.116. The number of carbonyl (C=O) groups is 1. The van der Waals surface area contributed by atoms with Crippen LogP contribution in [0.15, 0.2) is 52.9 Å². The highest BCUT2D eigenvalue weighted by atomic mass is 16.1. The smallest absolute Gasteiger partial charge is 0.224 e. The molecule has 0 unspecified atom stereocenters. The SMILES string of the molecule is CCCC(=O)Nc1ccc(/C(N)=N/N=C(\N)c2ncccn2)cc1. The van der Waals surface area contributed by atoms with Crippen molar-refractivity contribution in [2.75, 3.05) is 5.32 Å². The Morgan fingerprint density at radius 1 is 1.08 bits per heavy atom. The highest BCUT2D eigenvalue weighted by Crippen LogP contribution is 2.10. The number of hydrogen-bond donors (Lipinski definition) is 3. The third kappa shape index (κ3) is 4.87. The maximum absolute atomic E-state index is 11.5. The van der Waals surface area contributed by atoms with Crippen molar-refractivity contribution in [3.63, 3.8) is 0 Å². The maximum Gasteiger partial charge on any atom is 0.224 e. The Morgan fingerprint density at radius 2 is 1.71 bits per heavy atom. The summed E-state index contributed by atoms with van der Waals surface area (Å²) >= 11 is 0. The van der Waals surface area contributed by atoms with Gasteiger partial charge in [-0.05, 0) is 36.8 Å². The molecule has 0 radical (unpaired) electrons. The van der Waals surface area contributed by atoms with E-state index < -0.39 is 0 Å². The quantitative estimate of drug-likeness (QED) is 0.417. The van der Waals surface area contributed by atoms with Gasteiger partial charge in [0.25, 0.3) is 0 Å². The Labute approximate surface area is 139 Å². The minimum atomic E-state index is -0.0212. The average molecular weight is 325 g/mol. The van der Waals surface area contributed by atoms with E-state index in [4.69, 9.17) is 11.5 Å². The van der Waals surface area contributed by atoms with Crippen LogP contribution >= 0.6 is 0 Å². The van der Waals surface area contributed by atoms with E-state index in [0.29, 0.717) is 17.7 Å². The molecule has 0 saturated carbocycles. The van der Waals surface area contributed by atoms with E-state index >= 15 is 0 Å². The van der Waals surface area contributed by atoms with Gasteiger partial charge in [0.15, 0.2) is 17.5 Å². The fourth-order valence-corrected chi connectivity index (χ4v) is 1.82. The van der Waals surface area contributed by atoms with Crippen molar-refractivity contribution in [1.29, 1.82) is 0 Å². The number of carbonyl (C=O) groups excluding carboxylic acids is 1. The van der Waals surface area contributed by atoms with Crippen molar-refractivity contribution in [2.24, 2.45) is 21.7 Å². The summed E-state index contributed by atoms with van der Waals surface area (Å²) in [6.07, 6.45) is 4.40. The molecule has 2 rings (SSSR count). The molecule has 1 aromatic heterocycles. The zero-order chi connectivity index (χ0) is 17.4. The number of aromatic nitrogens is 2. The van der Waals surface area contributed by atoms with Crippen LogP contribution in [0, 0.1) is 0 Å². The van der Waals surface area contributed by atoms with Gasteiger partial charge < -0.3 is 16.8 Å². The molecule has 0 aliphatic rings. The molecule has 1 heterocycles. The normalized spacial score (nSPS) is 12.0. The van der Waals surface area contributed by atoms with Gasteiger partial charge in [-0.2, -0.15) is 0 Å². The van der Waals surface area contributed by atoms with Crippen LogP contribution in [0.1, 0.15) is 31.2 Å². The first kappa shape index (κ1) is 17.1. The lowest BCUT2D eigenvalue weighted by Crippen LogP contribution is -2.18. The summed E-state index contributed by atoms with van der Waals surface area (Å²) in [7, 11) is 0. The minimum Gasteiger partial charge on any atom is -0.382 e. The van der Waals surface area contributed by atoms with Crippen LogP contribution in [-0.4, -0.2) is 27.5 Å². The molecule has 1 aromatic carbocycles. The molecular weight excluding hydrogens is 306 g/mol. The van der Waals surface area contributed by atoms with Crippen molar-refractivity contribution in [1.82, 2.24) is 9.97 Å². The van der Waals surface area contributed by atoms with Gasteiger partial charge in [0, 0.05) is 30.1 Å². The van der Waals surface area contributed by atoms with Crippen LogP contribution < -0.4 is 16.8 Å². The van der Waals surface area contributed by atoms with Gasteiger partial charge in [0.05, 0.1) is 0 Å². The summed E-state index contributed by atoms with van der Waals surface area (Å²) in [5.74, 6) is 0.525. The molecule has 2 aromatic rings. The molecule has 124 valence electrons. The fourth-order valence-electron chi connectivity index (χ4n) is 1.82. The first-order valence-corrected chi connectivity index (χ1v) is 7.44. The number of amidine groups is 2. The molecule has 1 amide bonds. The zero-order valence-corrected chi connectivity index (χ0v) is 13.3. The van der Waals surface area contributed by atoms with E-state index in [1.165, 1.54) is 0 Å². The van der Waals surface area contributed by atoms with Gasteiger partial charge in [-0.3, -0.25) is 4.79 Å². The molecule has 8 nitrogen and oxygen atoms in total. The van der Waals surface area contributed by atoms with Gasteiger partial charge in [-0.25, -0.2) is 9.97 Å². The number of nitrogens with zero attached hydrogens (tertiary/aromatic N) is 4. The van der Waals surface area contributed by atoms with Gasteiger partial charge in [0.2, 0.25) is 5.91 Å². The Balaban J connectivity index is 2.06. The van der Waals surface area contributed by atoms with E-state index in [9.17, 15) is 4.79 Å². The first-order chi connectivity index (χ1) is 11.6. The first-order valence-electron chi connectivity index (χ1n) is 7.44. The molecule has 0 fully saturated rings. The number of nitrogens with one attached hydrogen (secondary N) is 1. The summed E-state index contributed by atoms with van der Waals surface area (Å²) in [6.45, 7) is 1.95. The lowest BCUT2D eigenvalue weighted by atomic mass is 10.2. The van der Waals surface area contributed by atoms with E-state index in [1.807, 2.05) is 6.92 Å². The van der Waals surface area contributed by atoms with Gasteiger partial charge in [0.1, 0.15) is 0 Å². The number of nitrogens with two attached hydrogens (primary N) is 2. The van der Waals surface area contributed by atoms with Crippen LogP contribution in [0.2, 0.25) is 0 Å². The molecule has 0 atom stereocenters. The molecule has 5 N–H and O–H groups in total. The Hall–Kier alpha value is -3.29. The second-order valence-corrected chi connectivity index (χ2v) is 4.92. The van der Waals surface area contributed by atoms with E-state index in [2.05, 4.69) is 25.5 Å². The Bertz CT molecular complexity index is 739. The second kappa shape index (κ2) is 8.37. The molecule has 0 aliphatic heterocycles. The number of rotatable bonds is 6. The topological polar surface area (TPSA) is 132 Å². The molecule has 0 spiro atoms. The van der Waals surface area contributed by atoms with Crippen molar-refractivity contribution < 1.29 is 4.79 Å². The van der Waals surface area contributed by atoms with Gasteiger partial charge in [-0.15, -0.1) is 10.2 Å². The van der Waals surface area contributed by atoms with Crippen LogP contribution in [0.5, 0.6) is 0 Å². The van der Waals surface area contributed by atoms with Crippen LogP contribution in [0.4, 0.5) is 5.69 Å². The van der Waals surface area contributed by atoms with Gasteiger partial charge in [-0.1, -0.05) is 6.92 Å². The number of amides is 1. The minimum absolute atomic E-state index is 0.0212. The van der Waals surface area contributed by atoms with Crippen LogP contribution in [0.25, 0.3) is 0 Å². The number of anilines is 1. The van der Waals surface area contributed by atoms with Crippen LogP contribution in [-0.2, 0) is 4.79 Å². The van der Waals surface area contributed by atoms with Crippen LogP contribution in [0.3, 0.4) is 0 Å². The lowest BCUT2D eigenvalue weighted by Gasteiger charge is -2.05. The standard InChI is InChI=1S/C16H19N7O/c1-2-4-13(24)21-12-7-5-11(6-8-12)14(17)22-23-15(18)16-19-9-3-10-20-16/h3,5-10H,2,4H2,1H3,(H2,17,22)(H2,18,23)(H,21,24). The molecular formula is C16H19N7O. The van der Waals surface area contributed by atoms with Crippen molar-refractivity contribution in [3.8, 4) is 0 Å². The van der Waals surface area contributed by atoms with Gasteiger partial charge >= 0.3 is 0 Å². The van der Waals surface area contributed by atoms with E-state index in [-0.39, 0.29) is 23.4 Å².